The van der Waals surface area contributed by atoms with E-state index in [1.165, 1.54) is 0 Å². The molecule has 94 valence electrons. The van der Waals surface area contributed by atoms with Crippen LogP contribution in [0.5, 0.6) is 0 Å². The summed E-state index contributed by atoms with van der Waals surface area (Å²) in [6, 6.07) is 2.11. The number of aryl methyl sites for hydroxylation is 1. The summed E-state index contributed by atoms with van der Waals surface area (Å²) in [5, 5.41) is 8.90. The van der Waals surface area contributed by atoms with Gasteiger partial charge in [-0.15, -0.1) is 0 Å². The predicted octanol–water partition coefficient (Wildman–Crippen LogP) is 1.21. The number of nitrogens with two attached hydrogens (primary N) is 1. The molecule has 3 N–H and O–H groups in total. The Labute approximate surface area is 100 Å². The molecule has 1 aromatic rings. The molecule has 1 aliphatic heterocycles. The van der Waals surface area contributed by atoms with E-state index < -0.39 is 5.97 Å². The summed E-state index contributed by atoms with van der Waals surface area (Å²) in [7, 11) is 0. The average molecular weight is 238 g/mol. The van der Waals surface area contributed by atoms with E-state index in [2.05, 4.69) is 4.90 Å². The van der Waals surface area contributed by atoms with Crippen LogP contribution in [0.3, 0.4) is 0 Å². The van der Waals surface area contributed by atoms with E-state index in [-0.39, 0.29) is 5.76 Å². The standard InChI is InChI=1S/C12H18N2O3/c1-8-6-10(17-11(8)12(15)16)7-14-4-2-9(13)3-5-14/h6,9H,2-5,7,13H2,1H3,(H,15,16). The molecule has 0 aromatic carbocycles. The molecule has 0 amide bonds. The van der Waals surface area contributed by atoms with E-state index in [0.29, 0.717) is 18.2 Å². The van der Waals surface area contributed by atoms with Crippen LogP contribution in [0.2, 0.25) is 0 Å². The molecule has 0 unspecified atom stereocenters. The average Bonchev–Trinajstić information content (AvgIpc) is 2.63. The Hall–Kier alpha value is -1.33. The molecule has 0 spiro atoms. The molecule has 1 aliphatic rings. The van der Waals surface area contributed by atoms with Crippen LogP contribution in [0.25, 0.3) is 0 Å². The summed E-state index contributed by atoms with van der Waals surface area (Å²) in [5.74, 6) is -0.238. The van der Waals surface area contributed by atoms with Gasteiger partial charge in [0.05, 0.1) is 6.54 Å². The molecule has 5 heteroatoms. The van der Waals surface area contributed by atoms with E-state index in [9.17, 15) is 4.79 Å². The highest BCUT2D eigenvalue weighted by atomic mass is 16.4. The number of carbonyl (C=O) groups is 1. The van der Waals surface area contributed by atoms with Crippen molar-refractivity contribution >= 4 is 5.97 Å². The van der Waals surface area contributed by atoms with Gasteiger partial charge in [0.2, 0.25) is 5.76 Å². The summed E-state index contributed by atoms with van der Waals surface area (Å²) in [4.78, 5) is 13.1. The Balaban J connectivity index is 1.99. The monoisotopic (exact) mass is 238 g/mol. The molecule has 2 rings (SSSR count). The van der Waals surface area contributed by atoms with Gasteiger partial charge in [-0.25, -0.2) is 4.79 Å². The summed E-state index contributed by atoms with van der Waals surface area (Å²) in [5.41, 5.74) is 6.51. The summed E-state index contributed by atoms with van der Waals surface area (Å²) >= 11 is 0. The fourth-order valence-corrected chi connectivity index (χ4v) is 2.17. The maximum absolute atomic E-state index is 10.8. The molecule has 1 fully saturated rings. The molecule has 2 heterocycles. The number of furan rings is 1. The van der Waals surface area contributed by atoms with E-state index in [1.54, 1.807) is 13.0 Å². The van der Waals surface area contributed by atoms with Crippen LogP contribution in [0.4, 0.5) is 0 Å². The number of aromatic carboxylic acids is 1. The van der Waals surface area contributed by atoms with Crippen LogP contribution in [-0.2, 0) is 6.54 Å². The minimum atomic E-state index is -1.01. The molecule has 0 radical (unpaired) electrons. The molecular formula is C12H18N2O3. The highest BCUT2D eigenvalue weighted by Gasteiger charge is 2.19. The smallest absolute Gasteiger partial charge is 0.372 e. The van der Waals surface area contributed by atoms with Gasteiger partial charge in [0.25, 0.3) is 0 Å². The van der Waals surface area contributed by atoms with Crippen molar-refractivity contribution in [2.24, 2.45) is 5.73 Å². The van der Waals surface area contributed by atoms with Gasteiger partial charge in [0, 0.05) is 24.7 Å². The van der Waals surface area contributed by atoms with Gasteiger partial charge >= 0.3 is 5.97 Å². The minimum Gasteiger partial charge on any atom is -0.475 e. The predicted molar refractivity (Wildman–Crippen MR) is 62.9 cm³/mol. The van der Waals surface area contributed by atoms with Crippen molar-refractivity contribution in [3.05, 3.63) is 23.2 Å². The van der Waals surface area contributed by atoms with Crippen molar-refractivity contribution in [2.45, 2.75) is 32.4 Å². The number of carboxylic acid groups (broad SMARTS) is 1. The number of rotatable bonds is 3. The normalized spacial score (nSPS) is 18.5. The lowest BCUT2D eigenvalue weighted by atomic mass is 10.1. The largest absolute Gasteiger partial charge is 0.475 e. The maximum Gasteiger partial charge on any atom is 0.372 e. The van der Waals surface area contributed by atoms with Gasteiger partial charge in [-0.1, -0.05) is 0 Å². The van der Waals surface area contributed by atoms with Crippen LogP contribution in [0.15, 0.2) is 10.5 Å². The van der Waals surface area contributed by atoms with Crippen LogP contribution in [0, 0.1) is 6.92 Å². The Morgan fingerprint density at radius 3 is 2.76 bits per heavy atom. The Morgan fingerprint density at radius 2 is 2.24 bits per heavy atom. The second-order valence-electron chi connectivity index (χ2n) is 4.64. The van der Waals surface area contributed by atoms with E-state index in [4.69, 9.17) is 15.3 Å². The molecule has 1 saturated heterocycles. The van der Waals surface area contributed by atoms with Gasteiger partial charge in [-0.2, -0.15) is 0 Å². The highest BCUT2D eigenvalue weighted by Crippen LogP contribution is 2.18. The topological polar surface area (TPSA) is 79.7 Å². The second kappa shape index (κ2) is 4.89. The lowest BCUT2D eigenvalue weighted by Crippen LogP contribution is -2.39. The van der Waals surface area contributed by atoms with Crippen molar-refractivity contribution in [2.75, 3.05) is 13.1 Å². The van der Waals surface area contributed by atoms with Crippen molar-refractivity contribution in [1.29, 1.82) is 0 Å². The second-order valence-corrected chi connectivity index (χ2v) is 4.64. The van der Waals surface area contributed by atoms with Crippen molar-refractivity contribution in [3.63, 3.8) is 0 Å². The van der Waals surface area contributed by atoms with Crippen LogP contribution in [-0.4, -0.2) is 35.1 Å². The summed E-state index contributed by atoms with van der Waals surface area (Å²) in [6.07, 6.45) is 1.98. The van der Waals surface area contributed by atoms with Crippen LogP contribution < -0.4 is 5.73 Å². The van der Waals surface area contributed by atoms with Gasteiger partial charge in [0.1, 0.15) is 5.76 Å². The van der Waals surface area contributed by atoms with Crippen LogP contribution in [0.1, 0.15) is 34.7 Å². The number of nitrogens with zero attached hydrogens (tertiary/aromatic N) is 1. The number of carboxylic acids is 1. The fourth-order valence-electron chi connectivity index (χ4n) is 2.17. The first kappa shape index (κ1) is 12.1. The first-order valence-corrected chi connectivity index (χ1v) is 5.87. The van der Waals surface area contributed by atoms with Crippen LogP contribution >= 0.6 is 0 Å². The molecule has 1 aromatic heterocycles. The quantitative estimate of drug-likeness (QED) is 0.827. The van der Waals surface area contributed by atoms with Crippen molar-refractivity contribution in [3.8, 4) is 0 Å². The first-order chi connectivity index (χ1) is 8.06. The van der Waals surface area contributed by atoms with Crippen molar-refractivity contribution < 1.29 is 14.3 Å². The Kier molecular flexibility index (Phi) is 3.49. The maximum atomic E-state index is 10.8. The number of likely N-dealkylation sites (tertiary alicyclic amines) is 1. The molecule has 5 nitrogen and oxygen atoms in total. The number of hydrogen-bond donors (Lipinski definition) is 2. The van der Waals surface area contributed by atoms with Gasteiger partial charge < -0.3 is 15.3 Å². The van der Waals surface area contributed by atoms with Gasteiger partial charge in [-0.05, 0) is 25.8 Å². The third-order valence-electron chi connectivity index (χ3n) is 3.17. The lowest BCUT2D eigenvalue weighted by molar-refractivity contribution is 0.0656. The number of piperidine rings is 1. The van der Waals surface area contributed by atoms with E-state index in [0.717, 1.165) is 31.7 Å². The fraction of sp³-hybridized carbons (Fsp3) is 0.583. The van der Waals surface area contributed by atoms with E-state index >= 15 is 0 Å². The summed E-state index contributed by atoms with van der Waals surface area (Å²) < 4.78 is 5.33. The third-order valence-corrected chi connectivity index (χ3v) is 3.17. The first-order valence-electron chi connectivity index (χ1n) is 5.87. The Bertz CT molecular complexity index is 406. The zero-order valence-electron chi connectivity index (χ0n) is 9.98. The zero-order valence-corrected chi connectivity index (χ0v) is 9.98. The van der Waals surface area contributed by atoms with Gasteiger partial charge in [0.15, 0.2) is 0 Å². The molecule has 0 aliphatic carbocycles. The Morgan fingerprint density at radius 1 is 1.59 bits per heavy atom. The zero-order chi connectivity index (χ0) is 12.4. The molecule has 0 bridgehead atoms. The molecule has 17 heavy (non-hydrogen) atoms. The number of hydrogen-bond acceptors (Lipinski definition) is 4. The highest BCUT2D eigenvalue weighted by molar-refractivity contribution is 5.86. The SMILES string of the molecule is Cc1cc(CN2CCC(N)CC2)oc1C(=O)O. The summed E-state index contributed by atoms with van der Waals surface area (Å²) in [6.45, 7) is 4.32. The third kappa shape index (κ3) is 2.87. The molecule has 0 saturated carbocycles. The van der Waals surface area contributed by atoms with Gasteiger partial charge in [-0.3, -0.25) is 4.90 Å². The van der Waals surface area contributed by atoms with Crippen molar-refractivity contribution in [1.82, 2.24) is 4.90 Å². The minimum absolute atomic E-state index is 0.0497. The molecular weight excluding hydrogens is 220 g/mol. The molecule has 0 atom stereocenters. The van der Waals surface area contributed by atoms with E-state index in [1.807, 2.05) is 0 Å². The lowest BCUT2D eigenvalue weighted by Gasteiger charge is -2.29.